The van der Waals surface area contributed by atoms with Gasteiger partial charge in [0.05, 0.1) is 7.11 Å². The number of ether oxygens (including phenoxy) is 2. The van der Waals surface area contributed by atoms with E-state index in [1.807, 2.05) is 33.8 Å². The van der Waals surface area contributed by atoms with Crippen molar-refractivity contribution in [2.45, 2.75) is 53.1 Å². The number of likely N-dealkylation sites (tertiary alicyclic amines) is 1. The largest absolute Gasteiger partial charge is 0.464 e. The van der Waals surface area contributed by atoms with Gasteiger partial charge in [-0.05, 0) is 59.6 Å². The number of hydrogen-bond acceptors (Lipinski definition) is 5. The third-order valence-electron chi connectivity index (χ3n) is 4.38. The van der Waals surface area contributed by atoms with Gasteiger partial charge in [-0.15, -0.1) is 0 Å². The topological polar surface area (TPSA) is 68.7 Å². The normalized spacial score (nSPS) is 16.1. The standard InChI is InChI=1S/C21H28N2O4/c1-15-13-16(14-17(22-15)18(24)26-6)7-8-21(5)9-11-23(12-10-21)19(25)27-20(2,3)4/h13-14H,9-12H2,1-6H3. The van der Waals surface area contributed by atoms with Gasteiger partial charge in [0.2, 0.25) is 0 Å². The lowest BCUT2D eigenvalue weighted by molar-refractivity contribution is 0.0160. The number of piperidine rings is 1. The first-order valence-corrected chi connectivity index (χ1v) is 9.09. The maximum absolute atomic E-state index is 12.2. The van der Waals surface area contributed by atoms with E-state index in [1.54, 1.807) is 11.0 Å². The predicted octanol–water partition coefficient (Wildman–Crippen LogP) is 3.57. The summed E-state index contributed by atoms with van der Waals surface area (Å²) in [5.41, 5.74) is 1.02. The minimum absolute atomic E-state index is 0.193. The van der Waals surface area contributed by atoms with Gasteiger partial charge in [0, 0.05) is 29.8 Å². The summed E-state index contributed by atoms with van der Waals surface area (Å²) in [6.07, 6.45) is 1.27. The second kappa shape index (κ2) is 7.99. The molecule has 0 aromatic carbocycles. The highest BCUT2D eigenvalue weighted by Gasteiger charge is 2.32. The molecule has 1 aromatic rings. The van der Waals surface area contributed by atoms with E-state index in [-0.39, 0.29) is 17.2 Å². The molecule has 6 heteroatoms. The summed E-state index contributed by atoms with van der Waals surface area (Å²) in [6, 6.07) is 3.49. The fourth-order valence-electron chi connectivity index (χ4n) is 2.81. The molecule has 1 aliphatic heterocycles. The van der Waals surface area contributed by atoms with Crippen LogP contribution < -0.4 is 0 Å². The van der Waals surface area contributed by atoms with Crippen LogP contribution >= 0.6 is 0 Å². The zero-order valence-electron chi connectivity index (χ0n) is 17.0. The molecule has 1 amide bonds. The van der Waals surface area contributed by atoms with Gasteiger partial charge in [-0.3, -0.25) is 0 Å². The molecule has 6 nitrogen and oxygen atoms in total. The van der Waals surface area contributed by atoms with Crippen LogP contribution in [-0.2, 0) is 9.47 Å². The van der Waals surface area contributed by atoms with E-state index in [1.165, 1.54) is 7.11 Å². The Morgan fingerprint density at radius 1 is 1.22 bits per heavy atom. The smallest absolute Gasteiger partial charge is 0.410 e. The summed E-state index contributed by atoms with van der Waals surface area (Å²) < 4.78 is 10.2. The highest BCUT2D eigenvalue weighted by Crippen LogP contribution is 2.31. The lowest BCUT2D eigenvalue weighted by Gasteiger charge is -2.36. The highest BCUT2D eigenvalue weighted by molar-refractivity contribution is 5.87. The van der Waals surface area contributed by atoms with E-state index in [9.17, 15) is 9.59 Å². The van der Waals surface area contributed by atoms with Crippen LogP contribution in [-0.4, -0.2) is 47.7 Å². The van der Waals surface area contributed by atoms with Crippen molar-refractivity contribution in [3.63, 3.8) is 0 Å². The first kappa shape index (κ1) is 20.8. The fourth-order valence-corrected chi connectivity index (χ4v) is 2.81. The summed E-state index contributed by atoms with van der Waals surface area (Å²) in [4.78, 5) is 29.8. The summed E-state index contributed by atoms with van der Waals surface area (Å²) >= 11 is 0. The fraction of sp³-hybridized carbons (Fsp3) is 0.571. The van der Waals surface area contributed by atoms with Crippen molar-refractivity contribution in [2.24, 2.45) is 5.41 Å². The molecule has 1 saturated heterocycles. The number of methoxy groups -OCH3 is 1. The Morgan fingerprint density at radius 2 is 1.85 bits per heavy atom. The molecule has 0 saturated carbocycles. The molecular formula is C21H28N2O4. The summed E-state index contributed by atoms with van der Waals surface area (Å²) in [5.74, 6) is 6.02. The maximum Gasteiger partial charge on any atom is 0.410 e. The van der Waals surface area contributed by atoms with Gasteiger partial charge < -0.3 is 14.4 Å². The second-order valence-electron chi connectivity index (χ2n) is 8.15. The molecule has 0 atom stereocenters. The van der Waals surface area contributed by atoms with Gasteiger partial charge >= 0.3 is 12.1 Å². The molecule has 0 unspecified atom stereocenters. The molecule has 0 spiro atoms. The molecule has 146 valence electrons. The van der Waals surface area contributed by atoms with E-state index < -0.39 is 11.6 Å². The Balaban J connectivity index is 2.07. The monoisotopic (exact) mass is 372 g/mol. The van der Waals surface area contributed by atoms with Crippen LogP contribution in [0.1, 0.15) is 62.3 Å². The van der Waals surface area contributed by atoms with Crippen molar-refractivity contribution in [1.82, 2.24) is 9.88 Å². The molecule has 1 aliphatic rings. The van der Waals surface area contributed by atoms with Crippen LogP contribution in [0.5, 0.6) is 0 Å². The number of carbonyl (C=O) groups excluding carboxylic acids is 2. The van der Waals surface area contributed by atoms with Gasteiger partial charge in [0.25, 0.3) is 0 Å². The van der Waals surface area contributed by atoms with Gasteiger partial charge in [-0.1, -0.05) is 11.8 Å². The van der Waals surface area contributed by atoms with E-state index >= 15 is 0 Å². The van der Waals surface area contributed by atoms with Crippen LogP contribution in [0.3, 0.4) is 0 Å². The van der Waals surface area contributed by atoms with E-state index in [2.05, 4.69) is 23.7 Å². The molecule has 2 heterocycles. The van der Waals surface area contributed by atoms with Crippen molar-refractivity contribution in [3.05, 3.63) is 29.1 Å². The van der Waals surface area contributed by atoms with Crippen LogP contribution in [0.2, 0.25) is 0 Å². The zero-order chi connectivity index (χ0) is 20.2. The molecule has 1 fully saturated rings. The number of aromatic nitrogens is 1. The van der Waals surface area contributed by atoms with Crippen LogP contribution in [0, 0.1) is 24.2 Å². The lowest BCUT2D eigenvalue weighted by Crippen LogP contribution is -2.44. The second-order valence-corrected chi connectivity index (χ2v) is 8.15. The number of esters is 1. The number of hydrogen-bond donors (Lipinski definition) is 0. The molecule has 1 aromatic heterocycles. The number of carbonyl (C=O) groups is 2. The minimum Gasteiger partial charge on any atom is -0.464 e. The van der Waals surface area contributed by atoms with E-state index in [4.69, 9.17) is 9.47 Å². The van der Waals surface area contributed by atoms with Crippen molar-refractivity contribution >= 4 is 12.1 Å². The third kappa shape index (κ3) is 5.99. The van der Waals surface area contributed by atoms with Crippen LogP contribution in [0.15, 0.2) is 12.1 Å². The number of nitrogens with zero attached hydrogens (tertiary/aromatic N) is 2. The first-order chi connectivity index (χ1) is 12.5. The Kier molecular flexibility index (Phi) is 6.15. The molecule has 0 bridgehead atoms. The third-order valence-corrected chi connectivity index (χ3v) is 4.38. The molecule has 27 heavy (non-hydrogen) atoms. The van der Waals surface area contributed by atoms with Crippen LogP contribution in [0.4, 0.5) is 4.79 Å². The Labute approximate surface area is 161 Å². The number of pyridine rings is 1. The van der Waals surface area contributed by atoms with Crippen LogP contribution in [0.25, 0.3) is 0 Å². The maximum atomic E-state index is 12.2. The lowest BCUT2D eigenvalue weighted by atomic mass is 9.81. The summed E-state index contributed by atoms with van der Waals surface area (Å²) in [5, 5.41) is 0. The van der Waals surface area contributed by atoms with E-state index in [0.29, 0.717) is 18.8 Å². The quantitative estimate of drug-likeness (QED) is 0.557. The Bertz CT molecular complexity index is 776. The van der Waals surface area contributed by atoms with Crippen molar-refractivity contribution in [2.75, 3.05) is 20.2 Å². The molecule has 0 radical (unpaired) electrons. The van der Waals surface area contributed by atoms with Gasteiger partial charge in [-0.2, -0.15) is 0 Å². The van der Waals surface area contributed by atoms with Gasteiger partial charge in [0.1, 0.15) is 11.3 Å². The minimum atomic E-state index is -0.492. The molecule has 2 rings (SSSR count). The Hall–Kier alpha value is -2.55. The van der Waals surface area contributed by atoms with E-state index in [0.717, 1.165) is 18.4 Å². The molecule has 0 N–H and O–H groups in total. The van der Waals surface area contributed by atoms with Gasteiger partial charge in [0.15, 0.2) is 0 Å². The number of amides is 1. The van der Waals surface area contributed by atoms with Crippen molar-refractivity contribution in [1.29, 1.82) is 0 Å². The number of rotatable bonds is 1. The summed E-state index contributed by atoms with van der Waals surface area (Å²) in [6.45, 7) is 10.7. The van der Waals surface area contributed by atoms with Crippen molar-refractivity contribution in [3.8, 4) is 11.8 Å². The predicted molar refractivity (Wildman–Crippen MR) is 102 cm³/mol. The molecule has 0 aliphatic carbocycles. The van der Waals surface area contributed by atoms with Gasteiger partial charge in [-0.25, -0.2) is 14.6 Å². The first-order valence-electron chi connectivity index (χ1n) is 9.09. The number of aryl methyl sites for hydroxylation is 1. The SMILES string of the molecule is COC(=O)c1cc(C#CC2(C)CCN(C(=O)OC(C)(C)C)CC2)cc(C)n1. The Morgan fingerprint density at radius 3 is 2.41 bits per heavy atom. The summed E-state index contributed by atoms with van der Waals surface area (Å²) in [7, 11) is 1.33. The highest BCUT2D eigenvalue weighted by atomic mass is 16.6. The molecular weight excluding hydrogens is 344 g/mol. The average Bonchev–Trinajstić information content (AvgIpc) is 2.58. The van der Waals surface area contributed by atoms with Crippen molar-refractivity contribution < 1.29 is 19.1 Å². The average molecular weight is 372 g/mol. The zero-order valence-corrected chi connectivity index (χ0v) is 17.0.